The first-order valence-corrected chi connectivity index (χ1v) is 16.9. The van der Waals surface area contributed by atoms with Crippen molar-refractivity contribution in [1.29, 1.82) is 0 Å². The predicted molar refractivity (Wildman–Crippen MR) is 160 cm³/mol. The Balaban J connectivity index is 1.11. The zero-order valence-electron chi connectivity index (χ0n) is 25.4. The molecule has 9 atom stereocenters. The Morgan fingerprint density at radius 3 is 2.45 bits per heavy atom. The monoisotopic (exact) mass is 610 g/mol. The van der Waals surface area contributed by atoms with Crippen LogP contribution < -0.4 is 4.90 Å². The number of anilines is 1. The van der Waals surface area contributed by atoms with Gasteiger partial charge in [-0.25, -0.2) is 8.78 Å². The van der Waals surface area contributed by atoms with Crippen molar-refractivity contribution in [2.75, 3.05) is 57.4 Å². The average Bonchev–Trinajstić information content (AvgIpc) is 3.06. The second-order valence-electron chi connectivity index (χ2n) is 14.0. The Hall–Kier alpha value is -2.56. The number of rotatable bonds is 3. The Morgan fingerprint density at radius 1 is 0.886 bits per heavy atom. The number of Topliss-reactive ketones (excluding diaryl/α,β-unsaturated/α-hetero) is 1. The van der Waals surface area contributed by atoms with Gasteiger partial charge in [0.2, 0.25) is 0 Å². The van der Waals surface area contributed by atoms with Gasteiger partial charge in [0.05, 0.1) is 54.8 Å². The number of hydrogen-bond donors (Lipinski definition) is 0. The summed E-state index contributed by atoms with van der Waals surface area (Å²) in [6, 6.07) is 6.16. The van der Waals surface area contributed by atoms with Crippen molar-refractivity contribution in [2.24, 2.45) is 17.8 Å². The number of carbonyl (C=O) groups excluding carboxylic acids is 2. The van der Waals surface area contributed by atoms with E-state index in [2.05, 4.69) is 9.80 Å². The summed E-state index contributed by atoms with van der Waals surface area (Å²) in [6.45, 7) is 4.25. The van der Waals surface area contributed by atoms with E-state index in [1.807, 2.05) is 17.2 Å². The lowest BCUT2D eigenvalue weighted by atomic mass is 9.63. The number of para-hydroxylation sites is 1. The van der Waals surface area contributed by atoms with Crippen molar-refractivity contribution in [2.45, 2.75) is 81.5 Å². The van der Waals surface area contributed by atoms with Crippen LogP contribution in [0.4, 0.5) is 14.5 Å². The molecule has 44 heavy (non-hydrogen) atoms. The van der Waals surface area contributed by atoms with E-state index in [-0.39, 0.29) is 47.7 Å². The van der Waals surface area contributed by atoms with Gasteiger partial charge in [0, 0.05) is 51.4 Å². The highest BCUT2D eigenvalue weighted by Gasteiger charge is 2.61. The summed E-state index contributed by atoms with van der Waals surface area (Å²) < 4.78 is 43.6. The smallest absolute Gasteiger partial charge is 0.259 e. The summed E-state index contributed by atoms with van der Waals surface area (Å²) in [7, 11) is 0. The molecule has 0 spiro atoms. The van der Waals surface area contributed by atoms with Crippen LogP contribution in [0.1, 0.15) is 44.9 Å². The highest BCUT2D eigenvalue weighted by atomic mass is 19.1. The van der Waals surface area contributed by atoms with E-state index in [4.69, 9.17) is 9.47 Å². The number of halogens is 2. The van der Waals surface area contributed by atoms with Crippen molar-refractivity contribution in [3.63, 3.8) is 0 Å². The lowest BCUT2D eigenvalue weighted by Gasteiger charge is -2.63. The maximum atomic E-state index is 16.5. The molecule has 3 saturated carbocycles. The maximum Gasteiger partial charge on any atom is 0.259 e. The molecule has 8 nitrogen and oxygen atoms in total. The first-order valence-electron chi connectivity index (χ1n) is 16.9. The van der Waals surface area contributed by atoms with Crippen molar-refractivity contribution >= 4 is 17.4 Å². The lowest BCUT2D eigenvalue weighted by molar-refractivity contribution is -0.227. The Bertz CT molecular complexity index is 1300. The van der Waals surface area contributed by atoms with Crippen LogP contribution in [0.15, 0.2) is 36.0 Å². The molecule has 0 N–H and O–H groups in total. The number of nitrogens with zero attached hydrogens (tertiary/aromatic N) is 4. The molecule has 9 unspecified atom stereocenters. The minimum absolute atomic E-state index is 0.0482. The molecule has 0 aromatic heterocycles. The molecule has 7 aliphatic rings. The van der Waals surface area contributed by atoms with E-state index in [9.17, 15) is 14.0 Å². The molecule has 1 amide bonds. The maximum absolute atomic E-state index is 16.5. The summed E-state index contributed by atoms with van der Waals surface area (Å²) in [6.07, 6.45) is 7.06. The van der Waals surface area contributed by atoms with Crippen LogP contribution in [0.5, 0.6) is 0 Å². The average molecular weight is 611 g/mol. The number of alkyl halides is 1. The van der Waals surface area contributed by atoms with Crippen LogP contribution in [0.3, 0.4) is 0 Å². The van der Waals surface area contributed by atoms with Crippen molar-refractivity contribution in [3.05, 3.63) is 41.9 Å². The topological polar surface area (TPSA) is 65.6 Å². The molecular formula is C34H44F2N4O4. The van der Waals surface area contributed by atoms with Gasteiger partial charge < -0.3 is 24.2 Å². The number of fused-ring (bicyclic) bond motifs is 4. The van der Waals surface area contributed by atoms with Gasteiger partial charge in [0.25, 0.3) is 5.91 Å². The van der Waals surface area contributed by atoms with Gasteiger partial charge in [-0.1, -0.05) is 31.4 Å². The SMILES string of the molecule is O=C1C(C(=O)N2CCOCC2)=CN2C3C(CCC4CCCCC43)OC3C(N4CCN(c5ccccc5F)CC4)C(F)CC1C32. The fourth-order valence-electron chi connectivity index (χ4n) is 9.88. The van der Waals surface area contributed by atoms with Crippen molar-refractivity contribution in [1.82, 2.24) is 14.7 Å². The zero-order chi connectivity index (χ0) is 29.9. The largest absolute Gasteiger partial charge is 0.378 e. The molecular weight excluding hydrogens is 566 g/mol. The number of amides is 1. The van der Waals surface area contributed by atoms with E-state index in [0.717, 1.165) is 19.3 Å². The van der Waals surface area contributed by atoms with Crippen molar-refractivity contribution in [3.8, 4) is 0 Å². The number of ether oxygens (including phenoxy) is 2. The predicted octanol–water partition coefficient (Wildman–Crippen LogP) is 3.41. The van der Waals surface area contributed by atoms with Gasteiger partial charge in [-0.15, -0.1) is 0 Å². The third-order valence-corrected chi connectivity index (χ3v) is 11.9. The fourth-order valence-corrected chi connectivity index (χ4v) is 9.88. The summed E-state index contributed by atoms with van der Waals surface area (Å²) in [5, 5.41) is 0. The van der Waals surface area contributed by atoms with E-state index >= 15 is 4.39 Å². The number of ketones is 1. The lowest BCUT2D eigenvalue weighted by Crippen LogP contribution is -2.75. The number of carbonyl (C=O) groups is 2. The third kappa shape index (κ3) is 4.78. The Labute approximate surface area is 258 Å². The van der Waals surface area contributed by atoms with Gasteiger partial charge in [-0.3, -0.25) is 14.5 Å². The standard InChI is InChI=1S/C34H44F2N4O4/c35-25-7-3-4-8-27(25)37-11-13-38(14-12-37)31-26(36)19-23-30-33(31)44-28-10-9-21-5-1-2-6-22(21)29(28)40(30)20-24(32(23)41)34(42)39-15-17-43-18-16-39/h3-4,7-8,20-23,26,28-31,33H,1-2,5-6,9-19H2. The van der Waals surface area contributed by atoms with E-state index in [0.29, 0.717) is 70.0 Å². The highest BCUT2D eigenvalue weighted by molar-refractivity contribution is 6.20. The minimum atomic E-state index is -1.26. The first kappa shape index (κ1) is 28.9. The highest BCUT2D eigenvalue weighted by Crippen LogP contribution is 2.52. The van der Waals surface area contributed by atoms with Crippen LogP contribution in [0.25, 0.3) is 0 Å². The molecule has 1 aromatic carbocycles. The number of hydrogen-bond acceptors (Lipinski definition) is 7. The van der Waals surface area contributed by atoms with Gasteiger partial charge in [0.15, 0.2) is 5.78 Å². The molecule has 3 aliphatic carbocycles. The molecule has 4 heterocycles. The fraction of sp³-hybridized carbons (Fsp3) is 0.706. The number of morpholine rings is 2. The molecule has 10 heteroatoms. The number of benzene rings is 1. The molecule has 0 bridgehead atoms. The third-order valence-electron chi connectivity index (χ3n) is 11.9. The van der Waals surface area contributed by atoms with Gasteiger partial charge in [-0.2, -0.15) is 0 Å². The summed E-state index contributed by atoms with van der Waals surface area (Å²) in [5.74, 6) is -0.228. The van der Waals surface area contributed by atoms with Crippen LogP contribution >= 0.6 is 0 Å². The summed E-state index contributed by atoms with van der Waals surface area (Å²) >= 11 is 0. The zero-order valence-corrected chi connectivity index (χ0v) is 25.4. The Kier molecular flexibility index (Phi) is 7.66. The van der Waals surface area contributed by atoms with Crippen LogP contribution in [-0.4, -0.2) is 115 Å². The minimum Gasteiger partial charge on any atom is -0.378 e. The normalized spacial score (nSPS) is 39.2. The van der Waals surface area contributed by atoms with Gasteiger partial charge in [-0.05, 0) is 49.7 Å². The first-order chi connectivity index (χ1) is 21.5. The summed E-state index contributed by atoms with van der Waals surface area (Å²) in [5.41, 5.74) is 0.801. The van der Waals surface area contributed by atoms with E-state index in [1.165, 1.54) is 25.3 Å². The molecule has 1 aromatic rings. The quantitative estimate of drug-likeness (QED) is 0.487. The van der Waals surface area contributed by atoms with Gasteiger partial charge in [0.1, 0.15) is 12.0 Å². The second kappa shape index (κ2) is 11.7. The molecule has 0 radical (unpaired) electrons. The molecule has 4 aliphatic heterocycles. The van der Waals surface area contributed by atoms with Gasteiger partial charge >= 0.3 is 0 Å². The van der Waals surface area contributed by atoms with Crippen LogP contribution in [-0.2, 0) is 19.1 Å². The molecule has 238 valence electrons. The molecule has 6 fully saturated rings. The Morgan fingerprint density at radius 2 is 1.66 bits per heavy atom. The summed E-state index contributed by atoms with van der Waals surface area (Å²) in [4.78, 5) is 36.2. The van der Waals surface area contributed by atoms with Crippen LogP contribution in [0.2, 0.25) is 0 Å². The van der Waals surface area contributed by atoms with Crippen molar-refractivity contribution < 1.29 is 27.8 Å². The number of piperazine rings is 1. The van der Waals surface area contributed by atoms with E-state index < -0.39 is 24.2 Å². The second-order valence-corrected chi connectivity index (χ2v) is 14.0. The molecule has 8 rings (SSSR count). The van der Waals surface area contributed by atoms with E-state index in [1.54, 1.807) is 17.0 Å². The molecule has 3 saturated heterocycles. The van der Waals surface area contributed by atoms with Crippen LogP contribution in [0, 0.1) is 23.6 Å².